The zero-order valence-corrected chi connectivity index (χ0v) is 19.8. The van der Waals surface area contributed by atoms with Crippen molar-refractivity contribution in [1.29, 1.82) is 0 Å². The third-order valence-corrected chi connectivity index (χ3v) is 5.19. The van der Waals surface area contributed by atoms with E-state index in [1.54, 1.807) is 21.3 Å². The molecule has 7 heteroatoms. The van der Waals surface area contributed by atoms with Gasteiger partial charge in [-0.1, -0.05) is 30.3 Å². The maximum Gasteiger partial charge on any atom is 0.193 e. The van der Waals surface area contributed by atoms with E-state index in [2.05, 4.69) is 45.5 Å². The van der Waals surface area contributed by atoms with Crippen LogP contribution in [0.1, 0.15) is 23.5 Å². The van der Waals surface area contributed by atoms with Gasteiger partial charge >= 0.3 is 0 Å². The largest absolute Gasteiger partial charge is 0.496 e. The van der Waals surface area contributed by atoms with E-state index in [1.807, 2.05) is 19.2 Å². The lowest BCUT2D eigenvalue weighted by Crippen LogP contribution is -2.39. The van der Waals surface area contributed by atoms with E-state index in [4.69, 9.17) is 14.2 Å². The molecule has 0 aliphatic carbocycles. The average Bonchev–Trinajstić information content (AvgIpc) is 3.24. The minimum Gasteiger partial charge on any atom is -0.496 e. The van der Waals surface area contributed by atoms with Crippen molar-refractivity contribution in [2.24, 2.45) is 4.99 Å². The first-order valence-corrected chi connectivity index (χ1v) is 9.49. The maximum absolute atomic E-state index is 5.52. The molecule has 1 fully saturated rings. The van der Waals surface area contributed by atoms with Crippen LogP contribution in [0.4, 0.5) is 0 Å². The highest BCUT2D eigenvalue weighted by Gasteiger charge is 2.26. The second-order valence-electron chi connectivity index (χ2n) is 6.76. The summed E-state index contributed by atoms with van der Waals surface area (Å²) in [5.74, 6) is 3.52. The predicted octanol–water partition coefficient (Wildman–Crippen LogP) is 3.90. The number of nitrogens with one attached hydrogen (secondary N) is 1. The third-order valence-electron chi connectivity index (χ3n) is 5.19. The molecule has 3 rings (SSSR count). The van der Waals surface area contributed by atoms with E-state index in [9.17, 15) is 0 Å². The Morgan fingerprint density at radius 2 is 1.69 bits per heavy atom. The molecule has 1 unspecified atom stereocenters. The molecule has 1 aliphatic rings. The van der Waals surface area contributed by atoms with Crippen LogP contribution in [0.2, 0.25) is 0 Å². The summed E-state index contributed by atoms with van der Waals surface area (Å²) in [6, 6.07) is 14.5. The second-order valence-corrected chi connectivity index (χ2v) is 6.76. The van der Waals surface area contributed by atoms with E-state index < -0.39 is 0 Å². The van der Waals surface area contributed by atoms with Crippen LogP contribution in [-0.2, 0) is 6.54 Å². The number of rotatable bonds is 6. The highest BCUT2D eigenvalue weighted by Crippen LogP contribution is 2.34. The lowest BCUT2D eigenvalue weighted by molar-refractivity contribution is 0.347. The number of nitrogens with zero attached hydrogens (tertiary/aromatic N) is 2. The Bertz CT molecular complexity index is 814. The highest BCUT2D eigenvalue weighted by atomic mass is 127. The van der Waals surface area contributed by atoms with Gasteiger partial charge in [-0.25, -0.2) is 0 Å². The van der Waals surface area contributed by atoms with Crippen molar-refractivity contribution in [3.05, 3.63) is 53.6 Å². The fourth-order valence-corrected chi connectivity index (χ4v) is 3.69. The molecule has 6 nitrogen and oxygen atoms in total. The summed E-state index contributed by atoms with van der Waals surface area (Å²) < 4.78 is 16.3. The molecule has 0 radical (unpaired) electrons. The fraction of sp³-hybridized carbons (Fsp3) is 0.409. The summed E-state index contributed by atoms with van der Waals surface area (Å²) in [5.41, 5.74) is 2.38. The molecule has 29 heavy (non-hydrogen) atoms. The molecule has 0 saturated carbocycles. The summed E-state index contributed by atoms with van der Waals surface area (Å²) in [4.78, 5) is 6.79. The number of hydrogen-bond acceptors (Lipinski definition) is 4. The second kappa shape index (κ2) is 11.1. The van der Waals surface area contributed by atoms with E-state index in [1.165, 1.54) is 5.56 Å². The minimum atomic E-state index is 0. The molecule has 158 valence electrons. The minimum absolute atomic E-state index is 0. The fourth-order valence-electron chi connectivity index (χ4n) is 3.69. The molecule has 1 aliphatic heterocycles. The quantitative estimate of drug-likeness (QED) is 0.363. The van der Waals surface area contributed by atoms with Gasteiger partial charge in [0.1, 0.15) is 5.75 Å². The molecule has 0 amide bonds. The monoisotopic (exact) mass is 511 g/mol. The van der Waals surface area contributed by atoms with E-state index in [0.29, 0.717) is 24.0 Å². The zero-order valence-electron chi connectivity index (χ0n) is 17.5. The molecule has 2 aromatic rings. The lowest BCUT2D eigenvalue weighted by Gasteiger charge is -2.22. The van der Waals surface area contributed by atoms with Crippen LogP contribution >= 0.6 is 24.0 Å². The van der Waals surface area contributed by atoms with E-state index >= 15 is 0 Å². The number of hydrogen-bond donors (Lipinski definition) is 1. The Kier molecular flexibility index (Phi) is 8.88. The number of likely N-dealkylation sites (tertiary alicyclic amines) is 1. The normalized spacial score (nSPS) is 16.2. The summed E-state index contributed by atoms with van der Waals surface area (Å²) in [5, 5.41) is 3.46. The number of halogens is 1. The van der Waals surface area contributed by atoms with Crippen molar-refractivity contribution >= 4 is 29.9 Å². The Balaban J connectivity index is 0.00000300. The van der Waals surface area contributed by atoms with Gasteiger partial charge < -0.3 is 24.4 Å². The molecule has 0 aromatic heterocycles. The number of ether oxygens (including phenoxy) is 3. The summed E-state index contributed by atoms with van der Waals surface area (Å²) in [6.07, 6.45) is 1.13. The van der Waals surface area contributed by atoms with Crippen molar-refractivity contribution in [2.45, 2.75) is 18.9 Å². The van der Waals surface area contributed by atoms with E-state index in [0.717, 1.165) is 36.8 Å². The lowest BCUT2D eigenvalue weighted by atomic mass is 9.99. The molecule has 0 bridgehead atoms. The summed E-state index contributed by atoms with van der Waals surface area (Å²) in [7, 11) is 6.73. The first kappa shape index (κ1) is 23.1. The number of benzene rings is 2. The zero-order chi connectivity index (χ0) is 19.9. The van der Waals surface area contributed by atoms with Crippen LogP contribution in [0.15, 0.2) is 47.5 Å². The topological polar surface area (TPSA) is 55.3 Å². The van der Waals surface area contributed by atoms with Gasteiger partial charge in [0.05, 0.1) is 21.3 Å². The van der Waals surface area contributed by atoms with Gasteiger partial charge in [-0.3, -0.25) is 4.99 Å². The van der Waals surface area contributed by atoms with Crippen LogP contribution in [0.3, 0.4) is 0 Å². The van der Waals surface area contributed by atoms with Gasteiger partial charge in [-0.15, -0.1) is 24.0 Å². The van der Waals surface area contributed by atoms with Crippen LogP contribution in [-0.4, -0.2) is 52.3 Å². The third kappa shape index (κ3) is 5.46. The van der Waals surface area contributed by atoms with Crippen LogP contribution in [0.25, 0.3) is 0 Å². The highest BCUT2D eigenvalue weighted by molar-refractivity contribution is 14.0. The number of aliphatic imine (C=N–C) groups is 1. The molecule has 1 atom stereocenters. The Morgan fingerprint density at radius 1 is 1.03 bits per heavy atom. The number of methoxy groups -OCH3 is 3. The van der Waals surface area contributed by atoms with Gasteiger partial charge in [-0.2, -0.15) is 0 Å². The van der Waals surface area contributed by atoms with Gasteiger partial charge in [-0.05, 0) is 18.1 Å². The van der Waals surface area contributed by atoms with E-state index in [-0.39, 0.29) is 24.0 Å². The van der Waals surface area contributed by atoms with Crippen molar-refractivity contribution in [1.82, 2.24) is 10.2 Å². The average molecular weight is 511 g/mol. The molecule has 2 aromatic carbocycles. The summed E-state index contributed by atoms with van der Waals surface area (Å²) in [6.45, 7) is 2.54. The Labute approximate surface area is 190 Å². The molecule has 1 N–H and O–H groups in total. The summed E-state index contributed by atoms with van der Waals surface area (Å²) >= 11 is 0. The first-order chi connectivity index (χ1) is 13.7. The molecule has 1 saturated heterocycles. The first-order valence-electron chi connectivity index (χ1n) is 9.49. The van der Waals surface area contributed by atoms with Crippen LogP contribution < -0.4 is 19.5 Å². The van der Waals surface area contributed by atoms with Crippen molar-refractivity contribution in [3.8, 4) is 17.2 Å². The molecule has 1 heterocycles. The Hall–Kier alpha value is -2.16. The molecular weight excluding hydrogens is 481 g/mol. The van der Waals surface area contributed by atoms with Gasteiger partial charge in [0.15, 0.2) is 17.5 Å². The van der Waals surface area contributed by atoms with Gasteiger partial charge in [0.25, 0.3) is 0 Å². The Morgan fingerprint density at radius 3 is 2.31 bits per heavy atom. The van der Waals surface area contributed by atoms with Crippen LogP contribution in [0, 0.1) is 0 Å². The van der Waals surface area contributed by atoms with Crippen molar-refractivity contribution in [3.63, 3.8) is 0 Å². The number of guanidine groups is 1. The van der Waals surface area contributed by atoms with Crippen molar-refractivity contribution in [2.75, 3.05) is 41.5 Å². The standard InChI is InChI=1S/C22H29N3O3.HI/c1-23-22(25-11-10-17(15-25)16-8-6-5-7-9-16)24-14-18-12-20(27-3)21(28-4)13-19(18)26-2;/h5-9,12-13,17H,10-11,14-15H2,1-4H3,(H,23,24);1H. The molecular formula is C22H30IN3O3. The SMILES string of the molecule is CN=C(NCc1cc(OC)c(OC)cc1OC)N1CCC(c2ccccc2)C1.I. The van der Waals surface area contributed by atoms with Gasteiger partial charge in [0, 0.05) is 44.2 Å². The van der Waals surface area contributed by atoms with Gasteiger partial charge in [0.2, 0.25) is 0 Å². The molecule has 0 spiro atoms. The smallest absolute Gasteiger partial charge is 0.193 e. The van der Waals surface area contributed by atoms with Crippen molar-refractivity contribution < 1.29 is 14.2 Å². The maximum atomic E-state index is 5.52. The predicted molar refractivity (Wildman–Crippen MR) is 127 cm³/mol. The van der Waals surface area contributed by atoms with Crippen LogP contribution in [0.5, 0.6) is 17.2 Å².